The van der Waals surface area contributed by atoms with E-state index in [-0.39, 0.29) is 5.41 Å². The van der Waals surface area contributed by atoms with Gasteiger partial charge in [0.05, 0.1) is 0 Å². The number of hydrogen-bond acceptors (Lipinski definition) is 1. The molecule has 0 radical (unpaired) electrons. The molecule has 1 aromatic carbocycles. The molecular weight excluding hydrogens is 216 g/mol. The molecule has 0 aromatic heterocycles. The van der Waals surface area contributed by atoms with Gasteiger partial charge in [-0.2, -0.15) is 0 Å². The van der Waals surface area contributed by atoms with Crippen molar-refractivity contribution in [1.82, 2.24) is 0 Å². The van der Waals surface area contributed by atoms with Gasteiger partial charge in [0, 0.05) is 16.3 Å². The van der Waals surface area contributed by atoms with Crippen molar-refractivity contribution in [3.8, 4) is 5.75 Å². The Labute approximate surface area is 81.6 Å². The van der Waals surface area contributed by atoms with Crippen molar-refractivity contribution in [2.24, 2.45) is 0 Å². The zero-order chi connectivity index (χ0) is 9.19. The van der Waals surface area contributed by atoms with Gasteiger partial charge in [-0.1, -0.05) is 48.0 Å². The van der Waals surface area contributed by atoms with E-state index < -0.39 is 0 Å². The molecule has 0 unspecified atom stereocenters. The Kier molecular flexibility index (Phi) is 2.78. The molecule has 1 rings (SSSR count). The second kappa shape index (κ2) is 3.48. The van der Waals surface area contributed by atoms with E-state index in [9.17, 15) is 5.11 Å². The summed E-state index contributed by atoms with van der Waals surface area (Å²) in [4.78, 5) is 0. The second-order valence-electron chi connectivity index (χ2n) is 3.53. The van der Waals surface area contributed by atoms with E-state index in [0.29, 0.717) is 5.75 Å². The predicted molar refractivity (Wildman–Crippen MR) is 54.9 cm³/mol. The summed E-state index contributed by atoms with van der Waals surface area (Å²) < 4.78 is 0. The number of halogens is 1. The zero-order valence-electron chi connectivity index (χ0n) is 7.34. The quantitative estimate of drug-likeness (QED) is 0.772. The third kappa shape index (κ3) is 1.81. The van der Waals surface area contributed by atoms with Crippen LogP contribution in [0.2, 0.25) is 0 Å². The van der Waals surface area contributed by atoms with E-state index in [1.807, 2.05) is 18.2 Å². The molecular formula is C10H13BrO. The molecule has 0 bridgehead atoms. The summed E-state index contributed by atoms with van der Waals surface area (Å²) in [6, 6.07) is 7.46. The highest BCUT2D eigenvalue weighted by Gasteiger charge is 2.21. The van der Waals surface area contributed by atoms with Crippen LogP contribution in [0.15, 0.2) is 24.3 Å². The maximum atomic E-state index is 9.56. The van der Waals surface area contributed by atoms with Crippen LogP contribution in [-0.4, -0.2) is 10.4 Å². The first-order chi connectivity index (χ1) is 5.58. The lowest BCUT2D eigenvalue weighted by Crippen LogP contribution is -2.18. The molecule has 0 spiro atoms. The van der Waals surface area contributed by atoms with Gasteiger partial charge in [0.15, 0.2) is 0 Å². The van der Waals surface area contributed by atoms with Crippen LogP contribution in [0.5, 0.6) is 5.75 Å². The summed E-state index contributed by atoms with van der Waals surface area (Å²) in [5.74, 6) is 0.377. The minimum Gasteiger partial charge on any atom is -0.508 e. The molecule has 0 atom stereocenters. The Hall–Kier alpha value is -0.500. The number of benzene rings is 1. The second-order valence-corrected chi connectivity index (χ2v) is 4.10. The summed E-state index contributed by atoms with van der Waals surface area (Å²) in [5.41, 5.74) is 0.979. The van der Waals surface area contributed by atoms with Gasteiger partial charge in [-0.15, -0.1) is 0 Å². The molecule has 1 nitrogen and oxygen atoms in total. The first-order valence-electron chi connectivity index (χ1n) is 3.92. The summed E-state index contributed by atoms with van der Waals surface area (Å²) in [6.45, 7) is 4.19. The number of rotatable bonds is 2. The molecule has 0 aliphatic rings. The van der Waals surface area contributed by atoms with Crippen molar-refractivity contribution in [3.05, 3.63) is 29.8 Å². The molecule has 1 aromatic rings. The predicted octanol–water partition coefficient (Wildman–Crippen LogP) is 3.06. The number of aromatic hydroxyl groups is 1. The molecule has 66 valence electrons. The standard InChI is InChI=1S/C10H13BrO/c1-10(2,7-11)8-5-3-4-6-9(8)12/h3-6,12H,7H2,1-2H3. The average Bonchev–Trinajstić information content (AvgIpc) is 2.05. The van der Waals surface area contributed by atoms with Crippen molar-refractivity contribution >= 4 is 15.9 Å². The van der Waals surface area contributed by atoms with E-state index >= 15 is 0 Å². The van der Waals surface area contributed by atoms with Crippen LogP contribution in [0.1, 0.15) is 19.4 Å². The summed E-state index contributed by atoms with van der Waals surface area (Å²) in [6.07, 6.45) is 0. The Morgan fingerprint density at radius 1 is 1.33 bits per heavy atom. The van der Waals surface area contributed by atoms with Crippen molar-refractivity contribution in [1.29, 1.82) is 0 Å². The minimum absolute atomic E-state index is 0.00859. The highest BCUT2D eigenvalue weighted by Crippen LogP contribution is 2.31. The van der Waals surface area contributed by atoms with Crippen LogP contribution in [0.3, 0.4) is 0 Å². The number of alkyl halides is 1. The molecule has 0 saturated carbocycles. The largest absolute Gasteiger partial charge is 0.508 e. The van der Waals surface area contributed by atoms with Crippen LogP contribution in [0.4, 0.5) is 0 Å². The van der Waals surface area contributed by atoms with Crippen molar-refractivity contribution in [3.63, 3.8) is 0 Å². The fourth-order valence-electron chi connectivity index (χ4n) is 1.12. The van der Waals surface area contributed by atoms with Gasteiger partial charge in [-0.25, -0.2) is 0 Å². The van der Waals surface area contributed by atoms with Gasteiger partial charge in [-0.05, 0) is 6.07 Å². The summed E-state index contributed by atoms with van der Waals surface area (Å²) >= 11 is 3.43. The van der Waals surface area contributed by atoms with Gasteiger partial charge < -0.3 is 5.11 Å². The topological polar surface area (TPSA) is 20.2 Å². The molecule has 1 N–H and O–H groups in total. The average molecular weight is 229 g/mol. The van der Waals surface area contributed by atoms with Gasteiger partial charge in [0.25, 0.3) is 0 Å². The van der Waals surface area contributed by atoms with E-state index in [0.717, 1.165) is 10.9 Å². The Balaban J connectivity index is 3.10. The summed E-state index contributed by atoms with van der Waals surface area (Å²) in [7, 11) is 0. The van der Waals surface area contributed by atoms with Gasteiger partial charge in [0.2, 0.25) is 0 Å². The van der Waals surface area contributed by atoms with Crippen LogP contribution in [0.25, 0.3) is 0 Å². The smallest absolute Gasteiger partial charge is 0.119 e. The van der Waals surface area contributed by atoms with E-state index in [1.54, 1.807) is 6.07 Å². The van der Waals surface area contributed by atoms with Crippen LogP contribution in [0, 0.1) is 0 Å². The molecule has 0 aliphatic carbocycles. The third-order valence-corrected chi connectivity index (χ3v) is 3.37. The highest BCUT2D eigenvalue weighted by atomic mass is 79.9. The number of phenolic OH excluding ortho intramolecular Hbond substituents is 1. The Morgan fingerprint density at radius 3 is 2.42 bits per heavy atom. The van der Waals surface area contributed by atoms with E-state index in [2.05, 4.69) is 29.8 Å². The number of para-hydroxylation sites is 1. The van der Waals surface area contributed by atoms with Gasteiger partial charge in [-0.3, -0.25) is 0 Å². The fraction of sp³-hybridized carbons (Fsp3) is 0.400. The third-order valence-electron chi connectivity index (χ3n) is 1.97. The van der Waals surface area contributed by atoms with E-state index in [4.69, 9.17) is 0 Å². The lowest BCUT2D eigenvalue weighted by atomic mass is 9.86. The van der Waals surface area contributed by atoms with Gasteiger partial charge >= 0.3 is 0 Å². The van der Waals surface area contributed by atoms with Crippen molar-refractivity contribution in [2.45, 2.75) is 19.3 Å². The van der Waals surface area contributed by atoms with Crippen LogP contribution < -0.4 is 0 Å². The minimum atomic E-state index is -0.00859. The lowest BCUT2D eigenvalue weighted by molar-refractivity contribution is 0.449. The van der Waals surface area contributed by atoms with Gasteiger partial charge in [0.1, 0.15) is 5.75 Å². The Morgan fingerprint density at radius 2 is 1.92 bits per heavy atom. The monoisotopic (exact) mass is 228 g/mol. The molecule has 0 amide bonds. The molecule has 12 heavy (non-hydrogen) atoms. The molecule has 0 aliphatic heterocycles. The number of phenols is 1. The first kappa shape index (κ1) is 9.59. The summed E-state index contributed by atoms with van der Waals surface area (Å²) in [5, 5.41) is 10.4. The Bertz CT molecular complexity index is 268. The zero-order valence-corrected chi connectivity index (χ0v) is 8.93. The molecule has 2 heteroatoms. The molecule has 0 fully saturated rings. The van der Waals surface area contributed by atoms with Crippen molar-refractivity contribution < 1.29 is 5.11 Å². The van der Waals surface area contributed by atoms with Crippen molar-refractivity contribution in [2.75, 3.05) is 5.33 Å². The number of hydrogen-bond donors (Lipinski definition) is 1. The first-order valence-corrected chi connectivity index (χ1v) is 5.04. The molecule has 0 saturated heterocycles. The SMILES string of the molecule is CC(C)(CBr)c1ccccc1O. The fourth-order valence-corrected chi connectivity index (χ4v) is 1.42. The lowest BCUT2D eigenvalue weighted by Gasteiger charge is -2.22. The highest BCUT2D eigenvalue weighted by molar-refractivity contribution is 9.09. The normalized spacial score (nSPS) is 11.6. The maximum absolute atomic E-state index is 9.56. The maximum Gasteiger partial charge on any atom is 0.119 e. The molecule has 0 heterocycles. The van der Waals surface area contributed by atoms with Crippen LogP contribution in [-0.2, 0) is 5.41 Å². The van der Waals surface area contributed by atoms with E-state index in [1.165, 1.54) is 0 Å². The van der Waals surface area contributed by atoms with Crippen LogP contribution >= 0.6 is 15.9 Å².